The molecule has 26 heavy (non-hydrogen) atoms. The molecule has 3 aliphatic rings. The van der Waals surface area contributed by atoms with Crippen molar-refractivity contribution in [2.45, 2.75) is 37.4 Å². The van der Waals surface area contributed by atoms with Crippen LogP contribution in [0.1, 0.15) is 25.3 Å². The van der Waals surface area contributed by atoms with Gasteiger partial charge in [0.2, 0.25) is 0 Å². The Hall–Kier alpha value is -2.32. The number of carbonyl (C=O) groups is 2. The number of anilines is 2. The summed E-state index contributed by atoms with van der Waals surface area (Å²) in [5.41, 5.74) is 2.61. The van der Waals surface area contributed by atoms with Gasteiger partial charge in [-0.15, -0.1) is 0 Å². The minimum absolute atomic E-state index is 0.0816. The van der Waals surface area contributed by atoms with Gasteiger partial charge in [0.1, 0.15) is 6.04 Å². The number of hydroxylamine groups is 2. The molecular formula is C18H24N4O4. The molecule has 3 atom stereocenters. The lowest BCUT2D eigenvalue weighted by atomic mass is 9.81. The van der Waals surface area contributed by atoms with Crippen molar-refractivity contribution < 1.29 is 19.9 Å². The van der Waals surface area contributed by atoms with E-state index in [4.69, 9.17) is 0 Å². The van der Waals surface area contributed by atoms with Gasteiger partial charge in [0.25, 0.3) is 5.91 Å². The van der Waals surface area contributed by atoms with Crippen LogP contribution in [0.15, 0.2) is 18.2 Å². The highest BCUT2D eigenvalue weighted by Crippen LogP contribution is 2.51. The van der Waals surface area contributed by atoms with E-state index in [1.165, 1.54) is 0 Å². The first-order valence-corrected chi connectivity index (χ1v) is 8.85. The summed E-state index contributed by atoms with van der Waals surface area (Å²) in [7, 11) is 4.17. The highest BCUT2D eigenvalue weighted by molar-refractivity contribution is 5.97. The molecule has 0 spiro atoms. The van der Waals surface area contributed by atoms with Crippen LogP contribution < -0.4 is 9.80 Å². The van der Waals surface area contributed by atoms with Crippen LogP contribution in [0, 0.1) is 0 Å². The van der Waals surface area contributed by atoms with Crippen molar-refractivity contribution in [1.82, 2.24) is 9.96 Å². The van der Waals surface area contributed by atoms with Gasteiger partial charge in [-0.3, -0.25) is 19.8 Å². The Labute approximate surface area is 152 Å². The minimum Gasteiger partial charge on any atom is -0.465 e. The molecule has 4 rings (SSSR count). The fourth-order valence-corrected chi connectivity index (χ4v) is 5.03. The van der Waals surface area contributed by atoms with Crippen LogP contribution in [0.2, 0.25) is 0 Å². The van der Waals surface area contributed by atoms with Crippen LogP contribution in [0.4, 0.5) is 16.2 Å². The number of amides is 2. The van der Waals surface area contributed by atoms with Gasteiger partial charge in [-0.2, -0.15) is 0 Å². The lowest BCUT2D eigenvalue weighted by Crippen LogP contribution is -2.45. The predicted molar refractivity (Wildman–Crippen MR) is 95.6 cm³/mol. The molecule has 1 aromatic rings. The second-order valence-electron chi connectivity index (χ2n) is 7.75. The number of carboxylic acid groups (broad SMARTS) is 1. The molecule has 2 N–H and O–H groups in total. The number of likely N-dealkylation sites (N-methyl/N-ethyl adjacent to an activating group) is 2. The summed E-state index contributed by atoms with van der Waals surface area (Å²) in [6, 6.07) is 4.71. The molecule has 0 aromatic heterocycles. The van der Waals surface area contributed by atoms with Gasteiger partial charge in [-0.25, -0.2) is 9.86 Å². The minimum atomic E-state index is -1.19. The summed E-state index contributed by atoms with van der Waals surface area (Å²) in [5, 5.41) is 19.9. The number of carbonyl (C=O) groups excluding carboxylic acids is 1. The Balaban J connectivity index is 1.77. The number of hydrogen-bond acceptors (Lipinski definition) is 5. The quantitative estimate of drug-likeness (QED) is 0.778. The maximum absolute atomic E-state index is 12.2. The van der Waals surface area contributed by atoms with Gasteiger partial charge in [0.05, 0.1) is 12.7 Å². The molecule has 3 aliphatic heterocycles. The second-order valence-corrected chi connectivity index (χ2v) is 7.75. The molecule has 8 nitrogen and oxygen atoms in total. The zero-order valence-electron chi connectivity index (χ0n) is 15.2. The van der Waals surface area contributed by atoms with Crippen LogP contribution in [0.5, 0.6) is 0 Å². The van der Waals surface area contributed by atoms with Gasteiger partial charge in [-0.1, -0.05) is 6.92 Å². The third kappa shape index (κ3) is 2.15. The molecule has 2 amide bonds. The molecule has 1 aromatic carbocycles. The summed E-state index contributed by atoms with van der Waals surface area (Å²) in [6.07, 6.45) is 0.332. The predicted octanol–water partition coefficient (Wildman–Crippen LogP) is 1.53. The zero-order valence-corrected chi connectivity index (χ0v) is 15.2. The molecule has 8 heteroatoms. The number of rotatable bonds is 2. The highest BCUT2D eigenvalue weighted by atomic mass is 16.5. The Morgan fingerprint density at radius 2 is 2.04 bits per heavy atom. The number of nitrogens with zero attached hydrogens (tertiary/aromatic N) is 4. The number of hydrogen-bond donors (Lipinski definition) is 2. The largest absolute Gasteiger partial charge is 0.465 e. The molecule has 1 unspecified atom stereocenters. The third-order valence-corrected chi connectivity index (χ3v) is 6.26. The lowest BCUT2D eigenvalue weighted by Gasteiger charge is -2.32. The fourth-order valence-electron chi connectivity index (χ4n) is 5.03. The van der Waals surface area contributed by atoms with Gasteiger partial charge >= 0.3 is 6.09 Å². The first kappa shape index (κ1) is 17.1. The summed E-state index contributed by atoms with van der Waals surface area (Å²) in [4.78, 5) is 29.7. The van der Waals surface area contributed by atoms with Crippen molar-refractivity contribution in [2.24, 2.45) is 0 Å². The van der Waals surface area contributed by atoms with E-state index < -0.39 is 18.0 Å². The summed E-state index contributed by atoms with van der Waals surface area (Å²) >= 11 is 0. The van der Waals surface area contributed by atoms with E-state index in [0.29, 0.717) is 10.8 Å². The van der Waals surface area contributed by atoms with Crippen LogP contribution in [0.25, 0.3) is 0 Å². The maximum atomic E-state index is 12.2. The molecule has 3 heterocycles. The van der Waals surface area contributed by atoms with E-state index in [0.717, 1.165) is 29.1 Å². The first-order valence-electron chi connectivity index (χ1n) is 8.85. The van der Waals surface area contributed by atoms with Crippen LogP contribution in [-0.4, -0.2) is 71.7 Å². The Bertz CT molecular complexity index is 784. The van der Waals surface area contributed by atoms with Crippen LogP contribution in [-0.2, 0) is 10.2 Å². The van der Waals surface area contributed by atoms with Crippen molar-refractivity contribution in [3.8, 4) is 0 Å². The first-order chi connectivity index (χ1) is 12.3. The molecule has 140 valence electrons. The summed E-state index contributed by atoms with van der Waals surface area (Å²) < 4.78 is 0. The van der Waals surface area contributed by atoms with E-state index in [1.54, 1.807) is 6.07 Å². The molecule has 2 fully saturated rings. The molecule has 0 bridgehead atoms. The van der Waals surface area contributed by atoms with Crippen molar-refractivity contribution in [3.63, 3.8) is 0 Å². The van der Waals surface area contributed by atoms with Gasteiger partial charge in [0.15, 0.2) is 0 Å². The third-order valence-electron chi connectivity index (χ3n) is 6.26. The number of benzene rings is 1. The molecule has 2 saturated heterocycles. The summed E-state index contributed by atoms with van der Waals surface area (Å²) in [6.45, 7) is 3.35. The van der Waals surface area contributed by atoms with Crippen molar-refractivity contribution in [3.05, 3.63) is 23.8 Å². The van der Waals surface area contributed by atoms with Crippen molar-refractivity contribution >= 4 is 23.4 Å². The SMILES string of the molecule is CN1CC[C@@]2(C)c3cc(N(C(=O)O)C4CCN(O)C4=O)ccc3N(C)[C@@H]12. The Morgan fingerprint density at radius 3 is 2.65 bits per heavy atom. The molecule has 0 aliphatic carbocycles. The van der Waals surface area contributed by atoms with E-state index in [2.05, 4.69) is 30.8 Å². The normalized spacial score (nSPS) is 30.7. The topological polar surface area (TPSA) is 87.6 Å². The lowest BCUT2D eigenvalue weighted by molar-refractivity contribution is -0.158. The number of fused-ring (bicyclic) bond motifs is 3. The smallest absolute Gasteiger partial charge is 0.412 e. The van der Waals surface area contributed by atoms with Crippen LogP contribution in [0.3, 0.4) is 0 Å². The Morgan fingerprint density at radius 1 is 1.31 bits per heavy atom. The van der Waals surface area contributed by atoms with E-state index in [9.17, 15) is 19.9 Å². The van der Waals surface area contributed by atoms with E-state index in [-0.39, 0.29) is 24.5 Å². The van der Waals surface area contributed by atoms with Gasteiger partial charge in [0, 0.05) is 30.4 Å². The monoisotopic (exact) mass is 360 g/mol. The summed E-state index contributed by atoms with van der Waals surface area (Å²) in [5.74, 6) is -0.574. The Kier molecular flexibility index (Phi) is 3.68. The number of likely N-dealkylation sites (tertiary alicyclic amines) is 1. The van der Waals surface area contributed by atoms with Crippen molar-refractivity contribution in [2.75, 3.05) is 37.0 Å². The molecule has 0 saturated carbocycles. The van der Waals surface area contributed by atoms with E-state index >= 15 is 0 Å². The van der Waals surface area contributed by atoms with Gasteiger partial charge in [-0.05, 0) is 43.7 Å². The van der Waals surface area contributed by atoms with Crippen LogP contribution >= 0.6 is 0 Å². The fraction of sp³-hybridized carbons (Fsp3) is 0.556. The van der Waals surface area contributed by atoms with Gasteiger partial charge < -0.3 is 10.0 Å². The molecule has 0 radical (unpaired) electrons. The van der Waals surface area contributed by atoms with Crippen molar-refractivity contribution in [1.29, 1.82) is 0 Å². The maximum Gasteiger partial charge on any atom is 0.412 e. The molecular weight excluding hydrogens is 336 g/mol. The average molecular weight is 360 g/mol. The second kappa shape index (κ2) is 5.59. The standard InChI is InChI=1S/C18H24N4O4/c1-18-7-9-19(2)16(18)20(3)13-5-4-11(10-12(13)18)22(17(24)25)14-6-8-21(26)15(14)23/h4-5,10,14,16,26H,6-9H2,1-3H3,(H,24,25)/t14?,16-,18+/m1/s1. The zero-order chi connectivity index (χ0) is 18.8. The highest BCUT2D eigenvalue weighted by Gasteiger charge is 2.52. The average Bonchev–Trinajstić information content (AvgIpc) is 3.15. The van der Waals surface area contributed by atoms with E-state index in [1.807, 2.05) is 12.1 Å².